The molecule has 3 atom stereocenters. The van der Waals surface area contributed by atoms with Gasteiger partial charge in [0.1, 0.15) is 12.1 Å². The van der Waals surface area contributed by atoms with Crippen molar-refractivity contribution in [1.82, 2.24) is 5.32 Å². The van der Waals surface area contributed by atoms with Gasteiger partial charge in [-0.3, -0.25) is 9.59 Å². The van der Waals surface area contributed by atoms with Gasteiger partial charge in [0.2, 0.25) is 11.8 Å². The smallest absolute Gasteiger partial charge is 0.249 e. The maximum Gasteiger partial charge on any atom is 0.249 e. The number of hydrogen-bond donors (Lipinski definition) is 3. The van der Waals surface area contributed by atoms with Crippen LogP contribution in [0.25, 0.3) is 0 Å². The lowest BCUT2D eigenvalue weighted by Crippen LogP contribution is -2.51. The molecule has 2 amide bonds. The standard InChI is InChI=1S/C12H24N2O3/c1-5-8(4)10(11(13)16)14-12(17)9(15)6-7(2)3/h7-10,15H,5-6H2,1-4H3,(H2,13,16)(H,14,17)/t8-,9+,10+/m1/s1. The molecule has 0 heterocycles. The van der Waals surface area contributed by atoms with Gasteiger partial charge < -0.3 is 16.2 Å². The molecule has 0 unspecified atom stereocenters. The van der Waals surface area contributed by atoms with Gasteiger partial charge in [-0.15, -0.1) is 0 Å². The summed E-state index contributed by atoms with van der Waals surface area (Å²) in [4.78, 5) is 22.9. The number of carbonyl (C=O) groups is 2. The highest BCUT2D eigenvalue weighted by Gasteiger charge is 2.26. The molecule has 100 valence electrons. The van der Waals surface area contributed by atoms with E-state index in [1.807, 2.05) is 27.7 Å². The monoisotopic (exact) mass is 244 g/mol. The summed E-state index contributed by atoms with van der Waals surface area (Å²) in [6.07, 6.45) is 0.0207. The molecule has 0 aliphatic rings. The molecule has 0 saturated carbocycles. The summed E-state index contributed by atoms with van der Waals surface area (Å²) < 4.78 is 0. The van der Waals surface area contributed by atoms with Gasteiger partial charge in [-0.1, -0.05) is 34.1 Å². The number of aliphatic hydroxyl groups is 1. The van der Waals surface area contributed by atoms with Crippen molar-refractivity contribution in [3.8, 4) is 0 Å². The van der Waals surface area contributed by atoms with E-state index in [2.05, 4.69) is 5.32 Å². The number of hydrogen-bond acceptors (Lipinski definition) is 3. The maximum absolute atomic E-state index is 11.6. The quantitative estimate of drug-likeness (QED) is 0.605. The summed E-state index contributed by atoms with van der Waals surface area (Å²) in [5, 5.41) is 12.1. The second-order valence-electron chi connectivity index (χ2n) is 4.92. The van der Waals surface area contributed by atoms with E-state index in [0.29, 0.717) is 6.42 Å². The molecule has 0 radical (unpaired) electrons. The normalized spacial score (nSPS) is 16.4. The zero-order valence-electron chi connectivity index (χ0n) is 11.1. The second kappa shape index (κ2) is 7.27. The van der Waals surface area contributed by atoms with Gasteiger partial charge in [0.25, 0.3) is 0 Å². The zero-order chi connectivity index (χ0) is 13.6. The van der Waals surface area contributed by atoms with Crippen molar-refractivity contribution in [2.75, 3.05) is 0 Å². The molecule has 5 nitrogen and oxygen atoms in total. The van der Waals surface area contributed by atoms with Crippen molar-refractivity contribution < 1.29 is 14.7 Å². The molecule has 0 aliphatic heterocycles. The predicted molar refractivity (Wildman–Crippen MR) is 66.0 cm³/mol. The number of primary amides is 1. The third-order valence-corrected chi connectivity index (χ3v) is 2.81. The van der Waals surface area contributed by atoms with E-state index in [1.165, 1.54) is 0 Å². The summed E-state index contributed by atoms with van der Waals surface area (Å²) in [7, 11) is 0. The van der Waals surface area contributed by atoms with Crippen LogP contribution in [0.3, 0.4) is 0 Å². The van der Waals surface area contributed by atoms with Gasteiger partial charge >= 0.3 is 0 Å². The summed E-state index contributed by atoms with van der Waals surface area (Å²) in [6.45, 7) is 7.58. The third-order valence-electron chi connectivity index (χ3n) is 2.81. The summed E-state index contributed by atoms with van der Waals surface area (Å²) in [5.41, 5.74) is 5.23. The molecular formula is C12H24N2O3. The Morgan fingerprint density at radius 1 is 1.29 bits per heavy atom. The third kappa shape index (κ3) is 5.68. The van der Waals surface area contributed by atoms with Crippen molar-refractivity contribution in [2.45, 2.75) is 52.7 Å². The molecule has 0 aromatic carbocycles. The van der Waals surface area contributed by atoms with Crippen LogP contribution in [0.1, 0.15) is 40.5 Å². The Bertz CT molecular complexity index is 266. The second-order valence-corrected chi connectivity index (χ2v) is 4.92. The van der Waals surface area contributed by atoms with E-state index in [4.69, 9.17) is 5.73 Å². The van der Waals surface area contributed by atoms with Crippen LogP contribution in [0.5, 0.6) is 0 Å². The molecule has 0 aromatic heterocycles. The lowest BCUT2D eigenvalue weighted by molar-refractivity contribution is -0.134. The highest BCUT2D eigenvalue weighted by atomic mass is 16.3. The Labute approximate surface area is 103 Å². The van der Waals surface area contributed by atoms with Crippen LogP contribution in [0.15, 0.2) is 0 Å². The first-order chi connectivity index (χ1) is 7.79. The first kappa shape index (κ1) is 15.9. The first-order valence-electron chi connectivity index (χ1n) is 6.07. The highest BCUT2D eigenvalue weighted by molar-refractivity contribution is 5.88. The molecule has 4 N–H and O–H groups in total. The minimum absolute atomic E-state index is 0.0392. The zero-order valence-corrected chi connectivity index (χ0v) is 11.1. The topological polar surface area (TPSA) is 92.4 Å². The lowest BCUT2D eigenvalue weighted by atomic mass is 9.97. The number of amides is 2. The SMILES string of the molecule is CC[C@@H](C)[C@H](NC(=O)[C@@H](O)CC(C)C)C(N)=O. The van der Waals surface area contributed by atoms with Crippen LogP contribution in [-0.4, -0.2) is 29.1 Å². The number of nitrogens with one attached hydrogen (secondary N) is 1. The molecule has 5 heteroatoms. The van der Waals surface area contributed by atoms with Crippen LogP contribution < -0.4 is 11.1 Å². The average molecular weight is 244 g/mol. The highest BCUT2D eigenvalue weighted by Crippen LogP contribution is 2.09. The fraction of sp³-hybridized carbons (Fsp3) is 0.833. The first-order valence-corrected chi connectivity index (χ1v) is 6.07. The largest absolute Gasteiger partial charge is 0.383 e. The van der Waals surface area contributed by atoms with Gasteiger partial charge in [0, 0.05) is 0 Å². The van der Waals surface area contributed by atoms with Crippen molar-refractivity contribution in [2.24, 2.45) is 17.6 Å². The predicted octanol–water partition coefficient (Wildman–Crippen LogP) is 0.410. The molecule has 0 bridgehead atoms. The van der Waals surface area contributed by atoms with E-state index >= 15 is 0 Å². The van der Waals surface area contributed by atoms with Gasteiger partial charge in [-0.2, -0.15) is 0 Å². The lowest BCUT2D eigenvalue weighted by Gasteiger charge is -2.23. The molecule has 17 heavy (non-hydrogen) atoms. The number of aliphatic hydroxyl groups excluding tert-OH is 1. The van der Waals surface area contributed by atoms with Crippen LogP contribution in [0.2, 0.25) is 0 Å². The molecule has 0 aliphatic carbocycles. The summed E-state index contributed by atoms with van der Waals surface area (Å²) in [6, 6.07) is -0.714. The molecule has 0 saturated heterocycles. The minimum atomic E-state index is -1.08. The average Bonchev–Trinajstić information content (AvgIpc) is 2.22. The maximum atomic E-state index is 11.6. The van der Waals surface area contributed by atoms with E-state index in [0.717, 1.165) is 6.42 Å². The summed E-state index contributed by atoms with van der Waals surface area (Å²) >= 11 is 0. The van der Waals surface area contributed by atoms with Crippen molar-refractivity contribution in [1.29, 1.82) is 0 Å². The van der Waals surface area contributed by atoms with Crippen LogP contribution >= 0.6 is 0 Å². The van der Waals surface area contributed by atoms with Crippen molar-refractivity contribution >= 4 is 11.8 Å². The molecule has 0 rings (SSSR count). The van der Waals surface area contributed by atoms with E-state index in [-0.39, 0.29) is 11.8 Å². The Kier molecular flexibility index (Phi) is 6.80. The Morgan fingerprint density at radius 3 is 2.18 bits per heavy atom. The number of nitrogens with two attached hydrogens (primary N) is 1. The van der Waals surface area contributed by atoms with Gasteiger partial charge in [0.15, 0.2) is 0 Å². The van der Waals surface area contributed by atoms with Crippen LogP contribution in [0.4, 0.5) is 0 Å². The van der Waals surface area contributed by atoms with Crippen molar-refractivity contribution in [3.63, 3.8) is 0 Å². The van der Waals surface area contributed by atoms with Gasteiger partial charge in [-0.05, 0) is 18.3 Å². The van der Waals surface area contributed by atoms with E-state index in [9.17, 15) is 14.7 Å². The fourth-order valence-corrected chi connectivity index (χ4v) is 1.53. The minimum Gasteiger partial charge on any atom is -0.383 e. The van der Waals surface area contributed by atoms with Gasteiger partial charge in [0.05, 0.1) is 0 Å². The Hall–Kier alpha value is -1.10. The van der Waals surface area contributed by atoms with E-state index < -0.39 is 24.0 Å². The molecule has 0 spiro atoms. The van der Waals surface area contributed by atoms with E-state index in [1.54, 1.807) is 0 Å². The van der Waals surface area contributed by atoms with Crippen molar-refractivity contribution in [3.05, 3.63) is 0 Å². The molecule has 0 aromatic rings. The molecule has 0 fully saturated rings. The Morgan fingerprint density at radius 2 is 1.82 bits per heavy atom. The van der Waals surface area contributed by atoms with Gasteiger partial charge in [-0.25, -0.2) is 0 Å². The molecular weight excluding hydrogens is 220 g/mol. The Balaban J connectivity index is 4.45. The van der Waals surface area contributed by atoms with Crippen LogP contribution in [-0.2, 0) is 9.59 Å². The fourth-order valence-electron chi connectivity index (χ4n) is 1.53. The van der Waals surface area contributed by atoms with Crippen LogP contribution in [0, 0.1) is 11.8 Å². The number of carbonyl (C=O) groups excluding carboxylic acids is 2. The summed E-state index contributed by atoms with van der Waals surface area (Å²) in [5.74, 6) is -0.915. The number of rotatable bonds is 7.